The number of amides is 1. The van der Waals surface area contributed by atoms with E-state index in [9.17, 15) is 4.79 Å². The number of likely N-dealkylation sites (tertiary alicyclic amines) is 1. The maximum atomic E-state index is 11.0. The van der Waals surface area contributed by atoms with Crippen LogP contribution in [0.4, 0.5) is 5.82 Å². The lowest BCUT2D eigenvalue weighted by Gasteiger charge is -2.22. The zero-order valence-corrected chi connectivity index (χ0v) is 10.7. The van der Waals surface area contributed by atoms with Crippen LogP contribution in [0.15, 0.2) is 12.3 Å². The average molecular weight is 233 g/mol. The van der Waals surface area contributed by atoms with Gasteiger partial charge >= 0.3 is 0 Å². The first-order valence-corrected chi connectivity index (χ1v) is 5.98. The van der Waals surface area contributed by atoms with Crippen LogP contribution in [0.5, 0.6) is 0 Å². The Morgan fingerprint density at radius 1 is 1.53 bits per heavy atom. The summed E-state index contributed by atoms with van der Waals surface area (Å²) < 4.78 is 0. The first-order valence-electron chi connectivity index (χ1n) is 5.98. The molecule has 0 saturated carbocycles. The molecular weight excluding hydrogens is 214 g/mol. The Labute approximate surface area is 102 Å². The van der Waals surface area contributed by atoms with Gasteiger partial charge in [-0.05, 0) is 37.0 Å². The van der Waals surface area contributed by atoms with E-state index in [-0.39, 0.29) is 6.04 Å². The predicted octanol–water partition coefficient (Wildman–Crippen LogP) is 1.75. The minimum atomic E-state index is 0.219. The number of rotatable bonds is 3. The minimum absolute atomic E-state index is 0.219. The van der Waals surface area contributed by atoms with Crippen molar-refractivity contribution in [1.29, 1.82) is 0 Å². The van der Waals surface area contributed by atoms with Gasteiger partial charge in [0.2, 0.25) is 6.41 Å². The molecule has 4 heteroatoms. The Kier molecular flexibility index (Phi) is 3.31. The molecule has 1 aromatic rings. The van der Waals surface area contributed by atoms with Crippen molar-refractivity contribution in [2.75, 3.05) is 25.5 Å². The second kappa shape index (κ2) is 4.73. The lowest BCUT2D eigenvalue weighted by atomic mass is 10.0. The third-order valence-corrected chi connectivity index (χ3v) is 3.38. The van der Waals surface area contributed by atoms with Gasteiger partial charge in [-0.1, -0.05) is 0 Å². The summed E-state index contributed by atoms with van der Waals surface area (Å²) >= 11 is 0. The topological polar surface area (TPSA) is 36.4 Å². The molecule has 0 unspecified atom stereocenters. The zero-order chi connectivity index (χ0) is 12.4. The smallest absolute Gasteiger partial charge is 0.210 e. The number of hydrogen-bond acceptors (Lipinski definition) is 3. The third-order valence-electron chi connectivity index (χ3n) is 3.38. The Balaban J connectivity index is 2.30. The molecule has 1 atom stereocenters. The van der Waals surface area contributed by atoms with Crippen molar-refractivity contribution in [3.63, 3.8) is 0 Å². The van der Waals surface area contributed by atoms with Gasteiger partial charge in [0.25, 0.3) is 0 Å². The minimum Gasteiger partial charge on any atom is -0.363 e. The quantitative estimate of drug-likeness (QED) is 0.746. The fraction of sp³-hybridized carbons (Fsp3) is 0.538. The van der Waals surface area contributed by atoms with Crippen molar-refractivity contribution in [2.24, 2.45) is 0 Å². The fourth-order valence-electron chi connectivity index (χ4n) is 2.39. The summed E-state index contributed by atoms with van der Waals surface area (Å²) in [7, 11) is 3.96. The standard InChI is InChI=1S/C13H19N3O/c1-10-7-13(15(2)3)14-8-11(10)12-5-4-6-16(12)9-17/h7-9,12H,4-6H2,1-3H3/t12-/m0/s1. The van der Waals surface area contributed by atoms with E-state index in [2.05, 4.69) is 18.0 Å². The highest BCUT2D eigenvalue weighted by atomic mass is 16.1. The molecule has 0 spiro atoms. The van der Waals surface area contributed by atoms with Gasteiger partial charge in [-0.15, -0.1) is 0 Å². The number of carbonyl (C=O) groups is 1. The molecule has 1 aliphatic rings. The molecule has 1 saturated heterocycles. The largest absolute Gasteiger partial charge is 0.363 e. The van der Waals surface area contributed by atoms with Crippen LogP contribution in [-0.2, 0) is 4.79 Å². The van der Waals surface area contributed by atoms with E-state index in [0.717, 1.165) is 31.6 Å². The fourth-order valence-corrected chi connectivity index (χ4v) is 2.39. The van der Waals surface area contributed by atoms with E-state index in [1.807, 2.05) is 30.1 Å². The van der Waals surface area contributed by atoms with Gasteiger partial charge in [0.05, 0.1) is 6.04 Å². The zero-order valence-electron chi connectivity index (χ0n) is 10.7. The Bertz CT molecular complexity index is 417. The van der Waals surface area contributed by atoms with E-state index < -0.39 is 0 Å². The molecule has 2 heterocycles. The van der Waals surface area contributed by atoms with Gasteiger partial charge in [0.15, 0.2) is 0 Å². The second-order valence-corrected chi connectivity index (χ2v) is 4.79. The summed E-state index contributed by atoms with van der Waals surface area (Å²) in [6.45, 7) is 2.95. The molecule has 1 aromatic heterocycles. The van der Waals surface area contributed by atoms with Crippen LogP contribution < -0.4 is 4.90 Å². The van der Waals surface area contributed by atoms with Crippen molar-refractivity contribution in [3.05, 3.63) is 23.4 Å². The van der Waals surface area contributed by atoms with Crippen LogP contribution >= 0.6 is 0 Å². The van der Waals surface area contributed by atoms with Crippen molar-refractivity contribution < 1.29 is 4.79 Å². The van der Waals surface area contributed by atoms with Crippen LogP contribution in [0.2, 0.25) is 0 Å². The molecular formula is C13H19N3O. The van der Waals surface area contributed by atoms with Crippen LogP contribution in [-0.4, -0.2) is 36.9 Å². The molecule has 0 aromatic carbocycles. The molecule has 92 valence electrons. The number of aromatic nitrogens is 1. The molecule has 0 aliphatic carbocycles. The number of hydrogen-bond donors (Lipinski definition) is 0. The molecule has 17 heavy (non-hydrogen) atoms. The van der Waals surface area contributed by atoms with E-state index in [1.54, 1.807) is 0 Å². The molecule has 0 bridgehead atoms. The van der Waals surface area contributed by atoms with Gasteiger partial charge in [0, 0.05) is 26.8 Å². The van der Waals surface area contributed by atoms with Crippen LogP contribution in [0.3, 0.4) is 0 Å². The van der Waals surface area contributed by atoms with Crippen molar-refractivity contribution in [2.45, 2.75) is 25.8 Å². The molecule has 1 aliphatic heterocycles. The number of carbonyl (C=O) groups excluding carboxylic acids is 1. The van der Waals surface area contributed by atoms with Crippen molar-refractivity contribution >= 4 is 12.2 Å². The van der Waals surface area contributed by atoms with Gasteiger partial charge in [0.1, 0.15) is 5.82 Å². The van der Waals surface area contributed by atoms with Crippen molar-refractivity contribution in [1.82, 2.24) is 9.88 Å². The molecule has 0 N–H and O–H groups in total. The Morgan fingerprint density at radius 2 is 2.29 bits per heavy atom. The highest BCUT2D eigenvalue weighted by molar-refractivity contribution is 5.51. The maximum absolute atomic E-state index is 11.0. The van der Waals surface area contributed by atoms with Crippen LogP contribution in [0.1, 0.15) is 30.0 Å². The first-order chi connectivity index (χ1) is 8.13. The Hall–Kier alpha value is -1.58. The van der Waals surface area contributed by atoms with Gasteiger partial charge < -0.3 is 9.80 Å². The molecule has 4 nitrogen and oxygen atoms in total. The van der Waals surface area contributed by atoms with Gasteiger partial charge in [-0.25, -0.2) is 4.98 Å². The maximum Gasteiger partial charge on any atom is 0.210 e. The summed E-state index contributed by atoms with van der Waals surface area (Å²) in [5.74, 6) is 0.960. The van der Waals surface area contributed by atoms with Crippen LogP contribution in [0, 0.1) is 6.92 Å². The number of anilines is 1. The second-order valence-electron chi connectivity index (χ2n) is 4.79. The highest BCUT2D eigenvalue weighted by Crippen LogP contribution is 2.32. The highest BCUT2D eigenvalue weighted by Gasteiger charge is 2.26. The lowest BCUT2D eigenvalue weighted by molar-refractivity contribution is -0.118. The summed E-state index contributed by atoms with van der Waals surface area (Å²) in [6.07, 6.45) is 5.00. The monoisotopic (exact) mass is 233 g/mol. The summed E-state index contributed by atoms with van der Waals surface area (Å²) in [5.41, 5.74) is 2.39. The molecule has 1 amide bonds. The summed E-state index contributed by atoms with van der Waals surface area (Å²) in [5, 5.41) is 0. The van der Waals surface area contributed by atoms with E-state index in [4.69, 9.17) is 0 Å². The van der Waals surface area contributed by atoms with E-state index in [1.165, 1.54) is 11.1 Å². The van der Waals surface area contributed by atoms with Crippen LogP contribution in [0.25, 0.3) is 0 Å². The predicted molar refractivity (Wildman–Crippen MR) is 68.0 cm³/mol. The third kappa shape index (κ3) is 2.25. The molecule has 0 radical (unpaired) electrons. The van der Waals surface area contributed by atoms with E-state index in [0.29, 0.717) is 0 Å². The number of aryl methyl sites for hydroxylation is 1. The SMILES string of the molecule is Cc1cc(N(C)C)ncc1[C@@H]1CCCN1C=O. The normalized spacial score (nSPS) is 19.5. The average Bonchev–Trinajstić information content (AvgIpc) is 2.76. The van der Waals surface area contributed by atoms with Crippen molar-refractivity contribution in [3.8, 4) is 0 Å². The lowest BCUT2D eigenvalue weighted by Crippen LogP contribution is -2.22. The summed E-state index contributed by atoms with van der Waals surface area (Å²) in [6, 6.07) is 2.30. The Morgan fingerprint density at radius 3 is 2.88 bits per heavy atom. The van der Waals surface area contributed by atoms with Gasteiger partial charge in [-0.2, -0.15) is 0 Å². The number of nitrogens with zero attached hydrogens (tertiary/aromatic N) is 3. The first kappa shape index (κ1) is 11.9. The van der Waals surface area contributed by atoms with Gasteiger partial charge in [-0.3, -0.25) is 4.79 Å². The summed E-state index contributed by atoms with van der Waals surface area (Å²) in [4.78, 5) is 19.3. The molecule has 1 fully saturated rings. The number of pyridine rings is 1. The van der Waals surface area contributed by atoms with E-state index >= 15 is 0 Å². The molecule has 2 rings (SSSR count).